The van der Waals surface area contributed by atoms with Gasteiger partial charge >= 0.3 is 5.97 Å². The quantitative estimate of drug-likeness (QED) is 0.0320. The highest BCUT2D eigenvalue weighted by Gasteiger charge is 2.20. The van der Waals surface area contributed by atoms with Crippen LogP contribution >= 0.6 is 0 Å². The van der Waals surface area contributed by atoms with E-state index >= 15 is 0 Å². The summed E-state index contributed by atoms with van der Waals surface area (Å²) in [6.45, 7) is 4.97. The summed E-state index contributed by atoms with van der Waals surface area (Å²) < 4.78 is 5.49. The molecule has 0 heterocycles. The Morgan fingerprint density at radius 3 is 0.934 bits per heavy atom. The molecular formula is C70H137NO5. The predicted molar refractivity (Wildman–Crippen MR) is 333 cm³/mol. The van der Waals surface area contributed by atoms with Gasteiger partial charge in [-0.1, -0.05) is 347 Å². The zero-order valence-corrected chi connectivity index (χ0v) is 51.8. The van der Waals surface area contributed by atoms with Crippen LogP contribution in [0.2, 0.25) is 0 Å². The van der Waals surface area contributed by atoms with Gasteiger partial charge in [-0.15, -0.1) is 0 Å². The van der Waals surface area contributed by atoms with Crippen molar-refractivity contribution in [2.24, 2.45) is 0 Å². The van der Waals surface area contributed by atoms with E-state index in [4.69, 9.17) is 4.74 Å². The molecule has 0 aromatic rings. The lowest BCUT2D eigenvalue weighted by atomic mass is 10.0. The second-order valence-corrected chi connectivity index (χ2v) is 24.2. The van der Waals surface area contributed by atoms with Crippen molar-refractivity contribution < 1.29 is 24.5 Å². The summed E-state index contributed by atoms with van der Waals surface area (Å²) in [5, 5.41) is 23.1. The highest BCUT2D eigenvalue weighted by molar-refractivity contribution is 5.76. The highest BCUT2D eigenvalue weighted by atomic mass is 16.5. The molecular weight excluding hydrogens is 935 g/mol. The minimum atomic E-state index is -0.658. The number of aliphatic hydroxyl groups excluding tert-OH is 2. The monoisotopic (exact) mass is 1070 g/mol. The molecule has 0 spiro atoms. The van der Waals surface area contributed by atoms with Crippen molar-refractivity contribution in [3.05, 3.63) is 12.2 Å². The van der Waals surface area contributed by atoms with E-state index in [1.807, 2.05) is 0 Å². The first-order valence-electron chi connectivity index (χ1n) is 34.9. The van der Waals surface area contributed by atoms with E-state index in [2.05, 4.69) is 31.3 Å². The number of rotatable bonds is 66. The van der Waals surface area contributed by atoms with Gasteiger partial charge in [0.2, 0.25) is 5.91 Å². The zero-order valence-electron chi connectivity index (χ0n) is 51.8. The number of aliphatic hydroxyl groups is 2. The first kappa shape index (κ1) is 74.6. The summed E-state index contributed by atoms with van der Waals surface area (Å²) in [4.78, 5) is 24.5. The Morgan fingerprint density at radius 1 is 0.355 bits per heavy atom. The average Bonchev–Trinajstić information content (AvgIpc) is 3.42. The van der Waals surface area contributed by atoms with Crippen molar-refractivity contribution in [3.63, 3.8) is 0 Å². The standard InChI is InChI=1S/C70H137NO5/c1-3-5-7-9-11-13-14-40-44-48-52-56-60-64-70(75)76-65-61-57-53-49-45-42-39-37-35-33-31-29-27-25-23-21-19-17-15-16-18-20-22-24-26-28-30-32-34-36-38-41-43-47-51-55-59-63-69(74)71-67(66-72)68(73)62-58-54-50-46-12-10-8-6-4-2/h15,17,67-68,72-73H,3-14,16,18-66H2,1-2H3,(H,71,74)/b17-15-. The smallest absolute Gasteiger partial charge is 0.305 e. The number of esters is 1. The number of hydrogen-bond donors (Lipinski definition) is 3. The molecule has 0 saturated carbocycles. The molecule has 0 fully saturated rings. The van der Waals surface area contributed by atoms with Gasteiger partial charge in [0.15, 0.2) is 0 Å². The van der Waals surface area contributed by atoms with Crippen molar-refractivity contribution in [2.45, 2.75) is 411 Å². The van der Waals surface area contributed by atoms with E-state index in [9.17, 15) is 19.8 Å². The normalized spacial score (nSPS) is 12.5. The van der Waals surface area contributed by atoms with E-state index in [0.717, 1.165) is 38.5 Å². The first-order valence-corrected chi connectivity index (χ1v) is 34.9. The van der Waals surface area contributed by atoms with Gasteiger partial charge in [0.25, 0.3) is 0 Å². The van der Waals surface area contributed by atoms with Crippen LogP contribution in [0.25, 0.3) is 0 Å². The summed E-state index contributed by atoms with van der Waals surface area (Å²) >= 11 is 0. The van der Waals surface area contributed by atoms with Gasteiger partial charge in [0, 0.05) is 12.8 Å². The fourth-order valence-corrected chi connectivity index (χ4v) is 11.2. The molecule has 1 amide bonds. The van der Waals surface area contributed by atoms with Crippen LogP contribution in [-0.2, 0) is 14.3 Å². The Labute approximate surface area is 476 Å². The van der Waals surface area contributed by atoms with E-state index in [0.29, 0.717) is 25.9 Å². The zero-order chi connectivity index (χ0) is 55.0. The van der Waals surface area contributed by atoms with Crippen molar-refractivity contribution in [3.8, 4) is 0 Å². The van der Waals surface area contributed by atoms with E-state index < -0.39 is 12.1 Å². The Morgan fingerprint density at radius 2 is 0.618 bits per heavy atom. The third-order valence-electron chi connectivity index (χ3n) is 16.6. The second-order valence-electron chi connectivity index (χ2n) is 24.2. The summed E-state index contributed by atoms with van der Waals surface area (Å²) in [6.07, 6.45) is 81.5. The SMILES string of the molecule is CCCCCCCCCCCCCCCC(=O)OCCCCCCCCCCCCCCCCCC/C=C\CCCCCCCCCCCCCCCCCCCC(=O)NC(CO)C(O)CCCCCCCCCCC. The molecule has 0 saturated heterocycles. The Bertz CT molecular complexity index is 1140. The highest BCUT2D eigenvalue weighted by Crippen LogP contribution is 2.19. The van der Waals surface area contributed by atoms with Gasteiger partial charge in [-0.25, -0.2) is 0 Å². The molecule has 0 aromatic heterocycles. The maximum Gasteiger partial charge on any atom is 0.305 e. The lowest BCUT2D eigenvalue weighted by Gasteiger charge is -2.22. The lowest BCUT2D eigenvalue weighted by molar-refractivity contribution is -0.143. The molecule has 76 heavy (non-hydrogen) atoms. The number of hydrogen-bond acceptors (Lipinski definition) is 5. The Hall–Kier alpha value is -1.40. The minimum absolute atomic E-state index is 0.0236. The van der Waals surface area contributed by atoms with Crippen LogP contribution in [0, 0.1) is 0 Å². The maximum atomic E-state index is 12.4. The van der Waals surface area contributed by atoms with Crippen LogP contribution in [0.15, 0.2) is 12.2 Å². The Balaban J connectivity index is 3.29. The van der Waals surface area contributed by atoms with Gasteiger partial charge in [-0.3, -0.25) is 9.59 Å². The van der Waals surface area contributed by atoms with Crippen LogP contribution < -0.4 is 5.32 Å². The number of carbonyl (C=O) groups is 2. The first-order chi connectivity index (χ1) is 37.5. The fraction of sp³-hybridized carbons (Fsp3) is 0.943. The van der Waals surface area contributed by atoms with E-state index in [-0.39, 0.29) is 18.5 Å². The minimum Gasteiger partial charge on any atom is -0.466 e. The number of unbranched alkanes of at least 4 members (excludes halogenated alkanes) is 53. The summed E-state index contributed by atoms with van der Waals surface area (Å²) in [7, 11) is 0. The van der Waals surface area contributed by atoms with E-state index in [1.165, 1.54) is 327 Å². The Kier molecular flexibility index (Phi) is 64.9. The molecule has 0 aliphatic carbocycles. The molecule has 0 radical (unpaired) electrons. The van der Waals surface area contributed by atoms with Gasteiger partial charge in [0.1, 0.15) is 0 Å². The maximum absolute atomic E-state index is 12.4. The van der Waals surface area contributed by atoms with Crippen LogP contribution in [0.3, 0.4) is 0 Å². The molecule has 0 bridgehead atoms. The molecule has 2 unspecified atom stereocenters. The van der Waals surface area contributed by atoms with Crippen molar-refractivity contribution in [1.29, 1.82) is 0 Å². The number of nitrogens with one attached hydrogen (secondary N) is 1. The van der Waals surface area contributed by atoms with Crippen LogP contribution in [0.5, 0.6) is 0 Å². The van der Waals surface area contributed by atoms with E-state index in [1.54, 1.807) is 0 Å². The molecule has 6 heteroatoms. The topological polar surface area (TPSA) is 95.9 Å². The van der Waals surface area contributed by atoms with Gasteiger partial charge in [-0.05, 0) is 51.4 Å². The molecule has 0 aliphatic heterocycles. The third kappa shape index (κ3) is 61.8. The largest absolute Gasteiger partial charge is 0.466 e. The van der Waals surface area contributed by atoms with Gasteiger partial charge in [-0.2, -0.15) is 0 Å². The van der Waals surface area contributed by atoms with Crippen LogP contribution in [0.1, 0.15) is 399 Å². The van der Waals surface area contributed by atoms with Crippen molar-refractivity contribution in [2.75, 3.05) is 13.2 Å². The van der Waals surface area contributed by atoms with Crippen molar-refractivity contribution >= 4 is 11.9 Å². The summed E-state index contributed by atoms with van der Waals surface area (Å²) in [5.74, 6) is -0.00774. The third-order valence-corrected chi connectivity index (χ3v) is 16.6. The fourth-order valence-electron chi connectivity index (χ4n) is 11.2. The summed E-state index contributed by atoms with van der Waals surface area (Å²) in [6, 6.07) is -0.535. The second kappa shape index (κ2) is 66.1. The van der Waals surface area contributed by atoms with Gasteiger partial charge < -0.3 is 20.3 Å². The molecule has 0 aromatic carbocycles. The molecule has 6 nitrogen and oxygen atoms in total. The van der Waals surface area contributed by atoms with Gasteiger partial charge in [0.05, 0.1) is 25.4 Å². The molecule has 0 rings (SSSR count). The molecule has 0 aliphatic rings. The number of carbonyl (C=O) groups excluding carboxylic acids is 2. The average molecular weight is 1070 g/mol. The molecule has 2 atom stereocenters. The van der Waals surface area contributed by atoms with Crippen LogP contribution in [-0.4, -0.2) is 47.4 Å². The lowest BCUT2D eigenvalue weighted by Crippen LogP contribution is -2.45. The number of ether oxygens (including phenoxy) is 1. The van der Waals surface area contributed by atoms with Crippen LogP contribution in [0.4, 0.5) is 0 Å². The molecule has 452 valence electrons. The predicted octanol–water partition coefficient (Wildman–Crippen LogP) is 22.4. The molecule has 3 N–H and O–H groups in total. The van der Waals surface area contributed by atoms with Crippen molar-refractivity contribution in [1.82, 2.24) is 5.32 Å². The number of amides is 1. The number of allylic oxidation sites excluding steroid dienone is 2. The summed E-state index contributed by atoms with van der Waals surface area (Å²) in [5.41, 5.74) is 0.